The first kappa shape index (κ1) is 13.1. The summed E-state index contributed by atoms with van der Waals surface area (Å²) in [7, 11) is 0. The molecule has 5 heteroatoms. The largest absolute Gasteiger partial charge is 0.369 e. The molecule has 1 heterocycles. The molecular formula is C13H23N5. The van der Waals surface area contributed by atoms with Crippen molar-refractivity contribution in [1.82, 2.24) is 9.97 Å². The highest BCUT2D eigenvalue weighted by molar-refractivity contribution is 5.58. The third-order valence-corrected chi connectivity index (χ3v) is 3.84. The number of hydrogen-bond acceptors (Lipinski definition) is 5. The van der Waals surface area contributed by atoms with Crippen molar-refractivity contribution in [2.24, 2.45) is 11.3 Å². The maximum absolute atomic E-state index is 5.51. The summed E-state index contributed by atoms with van der Waals surface area (Å²) >= 11 is 0. The maximum Gasteiger partial charge on any atom is 0.148 e. The average Bonchev–Trinajstić information content (AvgIpc) is 2.33. The molecule has 0 spiro atoms. The highest BCUT2D eigenvalue weighted by atomic mass is 15.3. The lowest BCUT2D eigenvalue weighted by atomic mass is 9.70. The normalized spacial score (nSPS) is 17.4. The van der Waals surface area contributed by atoms with E-state index >= 15 is 0 Å². The smallest absolute Gasteiger partial charge is 0.148 e. The summed E-state index contributed by atoms with van der Waals surface area (Å²) in [6.45, 7) is 7.53. The lowest BCUT2D eigenvalue weighted by molar-refractivity contribution is 0.179. The van der Waals surface area contributed by atoms with Gasteiger partial charge in [-0.3, -0.25) is 0 Å². The van der Waals surface area contributed by atoms with Crippen molar-refractivity contribution < 1.29 is 0 Å². The first-order valence-corrected chi connectivity index (χ1v) is 6.61. The lowest BCUT2D eigenvalue weighted by Gasteiger charge is -2.38. The van der Waals surface area contributed by atoms with Crippen LogP contribution in [0, 0.1) is 5.41 Å². The second kappa shape index (κ2) is 5.10. The Balaban J connectivity index is 2.16. The van der Waals surface area contributed by atoms with Crippen molar-refractivity contribution in [1.29, 1.82) is 0 Å². The van der Waals surface area contributed by atoms with Crippen molar-refractivity contribution in [3.05, 3.63) is 11.9 Å². The van der Waals surface area contributed by atoms with Gasteiger partial charge in [0.15, 0.2) is 0 Å². The summed E-state index contributed by atoms with van der Waals surface area (Å²) in [5, 5.41) is 3.47. The van der Waals surface area contributed by atoms with Gasteiger partial charge in [0, 0.05) is 12.1 Å². The number of rotatable bonds is 5. The second-order valence-electron chi connectivity index (χ2n) is 5.80. The number of aromatic nitrogens is 2. The predicted molar refractivity (Wildman–Crippen MR) is 74.4 cm³/mol. The highest BCUT2D eigenvalue weighted by Gasteiger charge is 2.31. The van der Waals surface area contributed by atoms with Crippen molar-refractivity contribution in [3.63, 3.8) is 0 Å². The summed E-state index contributed by atoms with van der Waals surface area (Å²) in [5.41, 5.74) is 4.14. The molecule has 5 nitrogen and oxygen atoms in total. The molecule has 0 unspecified atom stereocenters. The van der Waals surface area contributed by atoms with Crippen molar-refractivity contribution >= 4 is 11.6 Å². The van der Waals surface area contributed by atoms with E-state index in [1.54, 1.807) is 6.33 Å². The first-order valence-electron chi connectivity index (χ1n) is 6.61. The highest BCUT2D eigenvalue weighted by Crippen LogP contribution is 2.40. The van der Waals surface area contributed by atoms with Gasteiger partial charge in [-0.1, -0.05) is 27.2 Å². The number of nitrogens with two attached hydrogens (primary N) is 1. The summed E-state index contributed by atoms with van der Waals surface area (Å²) in [6.07, 6.45) is 5.48. The van der Waals surface area contributed by atoms with E-state index in [0.29, 0.717) is 17.2 Å². The van der Waals surface area contributed by atoms with Crippen LogP contribution in [0.5, 0.6) is 0 Å². The second-order valence-corrected chi connectivity index (χ2v) is 5.80. The first-order chi connectivity index (χ1) is 8.56. The number of nitrogens with one attached hydrogen (secondary N) is 2. The minimum absolute atomic E-state index is 0.328. The number of hydrogen-bond donors (Lipinski definition) is 3. The maximum atomic E-state index is 5.51. The van der Waals surface area contributed by atoms with Crippen LogP contribution in [0.15, 0.2) is 6.33 Å². The molecule has 0 radical (unpaired) electrons. The third kappa shape index (κ3) is 2.56. The molecule has 18 heavy (non-hydrogen) atoms. The van der Waals surface area contributed by atoms with Gasteiger partial charge in [-0.15, -0.1) is 0 Å². The van der Waals surface area contributed by atoms with Gasteiger partial charge in [0.25, 0.3) is 0 Å². The zero-order valence-corrected chi connectivity index (χ0v) is 11.5. The van der Waals surface area contributed by atoms with E-state index in [2.05, 4.69) is 41.5 Å². The van der Waals surface area contributed by atoms with Crippen LogP contribution in [-0.4, -0.2) is 16.5 Å². The van der Waals surface area contributed by atoms with Gasteiger partial charge in [0.1, 0.15) is 18.0 Å². The molecule has 1 aliphatic carbocycles. The van der Waals surface area contributed by atoms with E-state index in [1.807, 2.05) is 0 Å². The quantitative estimate of drug-likeness (QED) is 0.552. The molecule has 0 amide bonds. The van der Waals surface area contributed by atoms with Gasteiger partial charge in [-0.05, 0) is 24.2 Å². The Morgan fingerprint density at radius 1 is 1.33 bits per heavy atom. The molecule has 2 rings (SSSR count). The van der Waals surface area contributed by atoms with Gasteiger partial charge in [-0.2, -0.15) is 0 Å². The topological polar surface area (TPSA) is 75.9 Å². The molecule has 1 fully saturated rings. The fourth-order valence-electron chi connectivity index (χ4n) is 2.45. The molecule has 1 aromatic heterocycles. The molecule has 1 aromatic rings. The molecule has 0 aliphatic heterocycles. The SMILES string of the molecule is CC(C)c1c(NN)ncnc1NCC1(C)CCC1. The summed E-state index contributed by atoms with van der Waals surface area (Å²) in [6, 6.07) is 0. The Morgan fingerprint density at radius 3 is 2.50 bits per heavy atom. The number of nitrogen functional groups attached to an aromatic ring is 1. The fraction of sp³-hybridized carbons (Fsp3) is 0.692. The minimum atomic E-state index is 0.328. The van der Waals surface area contributed by atoms with Crippen LogP contribution in [0.3, 0.4) is 0 Å². The van der Waals surface area contributed by atoms with Crippen molar-refractivity contribution in [2.45, 2.75) is 46.0 Å². The minimum Gasteiger partial charge on any atom is -0.369 e. The van der Waals surface area contributed by atoms with E-state index in [9.17, 15) is 0 Å². The van der Waals surface area contributed by atoms with Gasteiger partial charge in [0.05, 0.1) is 0 Å². The Morgan fingerprint density at radius 2 is 2.00 bits per heavy atom. The Hall–Kier alpha value is -1.36. The van der Waals surface area contributed by atoms with Crippen molar-refractivity contribution in [2.75, 3.05) is 17.3 Å². The van der Waals surface area contributed by atoms with Gasteiger partial charge < -0.3 is 10.7 Å². The molecule has 0 atom stereocenters. The Kier molecular flexibility index (Phi) is 3.71. The molecule has 1 aliphatic rings. The summed E-state index contributed by atoms with van der Waals surface area (Å²) < 4.78 is 0. The van der Waals surface area contributed by atoms with E-state index in [1.165, 1.54) is 19.3 Å². The number of hydrazine groups is 1. The van der Waals surface area contributed by atoms with E-state index < -0.39 is 0 Å². The molecule has 1 saturated carbocycles. The molecule has 0 saturated heterocycles. The monoisotopic (exact) mass is 249 g/mol. The molecule has 4 N–H and O–H groups in total. The Bertz CT molecular complexity index is 412. The van der Waals surface area contributed by atoms with E-state index in [-0.39, 0.29) is 0 Å². The van der Waals surface area contributed by atoms with Crippen LogP contribution in [0.25, 0.3) is 0 Å². The zero-order valence-electron chi connectivity index (χ0n) is 11.5. The molecular weight excluding hydrogens is 226 g/mol. The van der Waals surface area contributed by atoms with Crippen LogP contribution in [0.1, 0.15) is 51.5 Å². The lowest BCUT2D eigenvalue weighted by Crippen LogP contribution is -2.33. The summed E-state index contributed by atoms with van der Waals surface area (Å²) in [5.74, 6) is 7.45. The van der Waals surface area contributed by atoms with Crippen LogP contribution in [-0.2, 0) is 0 Å². The van der Waals surface area contributed by atoms with Gasteiger partial charge in [-0.25, -0.2) is 15.8 Å². The van der Waals surface area contributed by atoms with Gasteiger partial charge in [0.2, 0.25) is 0 Å². The van der Waals surface area contributed by atoms with Crippen LogP contribution in [0.4, 0.5) is 11.6 Å². The Labute approximate surface area is 109 Å². The third-order valence-electron chi connectivity index (χ3n) is 3.84. The summed E-state index contributed by atoms with van der Waals surface area (Å²) in [4.78, 5) is 8.52. The predicted octanol–water partition coefficient (Wildman–Crippen LogP) is 2.49. The zero-order chi connectivity index (χ0) is 13.2. The van der Waals surface area contributed by atoms with Crippen LogP contribution >= 0.6 is 0 Å². The van der Waals surface area contributed by atoms with E-state index in [4.69, 9.17) is 5.84 Å². The fourth-order valence-corrected chi connectivity index (χ4v) is 2.45. The van der Waals surface area contributed by atoms with Crippen molar-refractivity contribution in [3.8, 4) is 0 Å². The van der Waals surface area contributed by atoms with Crippen LogP contribution < -0.4 is 16.6 Å². The van der Waals surface area contributed by atoms with Crippen LogP contribution in [0.2, 0.25) is 0 Å². The molecule has 100 valence electrons. The standard InChI is InChI=1S/C13H23N5/c1-9(2)10-11(16-8-17-12(10)18-14)15-7-13(3)5-4-6-13/h8-9H,4-7,14H2,1-3H3,(H2,15,16,17,18). The molecule has 0 bridgehead atoms. The number of anilines is 2. The average molecular weight is 249 g/mol. The van der Waals surface area contributed by atoms with E-state index in [0.717, 1.165) is 17.9 Å². The van der Waals surface area contributed by atoms with Gasteiger partial charge >= 0.3 is 0 Å². The molecule has 0 aromatic carbocycles. The number of nitrogens with zero attached hydrogens (tertiary/aromatic N) is 2.